The highest BCUT2D eigenvalue weighted by molar-refractivity contribution is 8.57. The maximum absolute atomic E-state index is 14.3. The molecule has 0 aliphatic carbocycles. The van der Waals surface area contributed by atoms with Gasteiger partial charge in [0.2, 0.25) is 11.8 Å². The first-order valence-electron chi connectivity index (χ1n) is 12.0. The Morgan fingerprint density at radius 3 is 1.49 bits per heavy atom. The molecule has 3 unspecified atom stereocenters. The summed E-state index contributed by atoms with van der Waals surface area (Å²) in [7, 11) is 0. The largest absolute Gasteiger partial charge is 0.501 e. The molecule has 3 aliphatic heterocycles. The minimum Gasteiger partial charge on any atom is -0.392 e. The fraction of sp³-hybridized carbons (Fsp3) is 0.625. The van der Waals surface area contributed by atoms with Crippen molar-refractivity contribution in [2.45, 2.75) is 79.3 Å². The molecule has 3 rings (SSSR count). The van der Waals surface area contributed by atoms with Crippen molar-refractivity contribution >= 4 is 36.8 Å². The van der Waals surface area contributed by atoms with E-state index in [0.29, 0.717) is 16.8 Å². The summed E-state index contributed by atoms with van der Waals surface area (Å²) in [6.45, 7) is 14.5. The van der Waals surface area contributed by atoms with Gasteiger partial charge in [-0.3, -0.25) is 15.0 Å². The molecule has 9 nitrogen and oxygen atoms in total. The highest BCUT2D eigenvalue weighted by Crippen LogP contribution is 2.65. The van der Waals surface area contributed by atoms with Gasteiger partial charge in [-0.05, 0) is 44.6 Å². The van der Waals surface area contributed by atoms with Gasteiger partial charge in [0.1, 0.15) is 17.0 Å². The Bertz CT molecular complexity index is 921. The quantitative estimate of drug-likeness (QED) is 0.342. The second-order valence-corrected chi connectivity index (χ2v) is 14.2. The third-order valence-electron chi connectivity index (χ3n) is 6.84. The lowest BCUT2D eigenvalue weighted by molar-refractivity contribution is 0.205. The van der Waals surface area contributed by atoms with Gasteiger partial charge in [-0.2, -0.15) is 0 Å². The van der Waals surface area contributed by atoms with E-state index in [0.717, 1.165) is 11.4 Å². The fourth-order valence-corrected chi connectivity index (χ4v) is 6.38. The molecule has 0 bridgehead atoms. The Labute approximate surface area is 213 Å². The van der Waals surface area contributed by atoms with Crippen molar-refractivity contribution in [1.29, 1.82) is 0 Å². The normalized spacial score (nSPS) is 31.7. The van der Waals surface area contributed by atoms with Crippen molar-refractivity contribution in [3.05, 3.63) is 35.0 Å². The number of rotatable bonds is 9. The molecule has 35 heavy (non-hydrogen) atoms. The van der Waals surface area contributed by atoms with Gasteiger partial charge in [-0.25, -0.2) is 4.57 Å². The van der Waals surface area contributed by atoms with E-state index in [1.807, 2.05) is 20.8 Å². The van der Waals surface area contributed by atoms with Crippen molar-refractivity contribution in [2.75, 3.05) is 0 Å². The number of nitrogens with one attached hydrogen (secondary N) is 3. The van der Waals surface area contributed by atoms with Gasteiger partial charge in [0.15, 0.2) is 0 Å². The van der Waals surface area contributed by atoms with E-state index in [2.05, 4.69) is 72.5 Å². The molecule has 3 N–H and O–H groups in total. The lowest BCUT2D eigenvalue weighted by Crippen LogP contribution is -2.47. The van der Waals surface area contributed by atoms with Crippen LogP contribution in [0.5, 0.6) is 0 Å². The molecule has 0 radical (unpaired) electrons. The molecule has 3 aliphatic rings. The maximum atomic E-state index is 14.3. The second kappa shape index (κ2) is 10.1. The molecule has 3 atom stereocenters. The van der Waals surface area contributed by atoms with Crippen molar-refractivity contribution < 1.29 is 13.6 Å². The SMILES string of the molecule is CC(C)C1(C)N=CC=C(OP(=O)(OC2=CC=NC(C)(C(C)C)N2)SC2=CC=NC(C)(C(C)C)N2)N1. The Kier molecular flexibility index (Phi) is 7.87. The summed E-state index contributed by atoms with van der Waals surface area (Å²) in [4.78, 5) is 13.6. The highest BCUT2D eigenvalue weighted by Gasteiger charge is 2.41. The van der Waals surface area contributed by atoms with Crippen LogP contribution >= 0.6 is 18.2 Å². The summed E-state index contributed by atoms with van der Waals surface area (Å²) in [5.41, 5.74) is -1.70. The van der Waals surface area contributed by atoms with Crippen LogP contribution in [0.25, 0.3) is 0 Å². The van der Waals surface area contributed by atoms with E-state index in [1.165, 1.54) is 0 Å². The van der Waals surface area contributed by atoms with Gasteiger partial charge in [0.05, 0.1) is 5.03 Å². The second-order valence-electron chi connectivity index (χ2n) is 10.4. The molecule has 0 saturated carbocycles. The molecule has 0 aromatic carbocycles. The molecule has 3 heterocycles. The van der Waals surface area contributed by atoms with E-state index in [4.69, 9.17) is 9.05 Å². The lowest BCUT2D eigenvalue weighted by Gasteiger charge is -2.38. The molecule has 194 valence electrons. The Balaban J connectivity index is 1.88. The summed E-state index contributed by atoms with van der Waals surface area (Å²) in [5, 5.41) is 10.6. The topological polar surface area (TPSA) is 109 Å². The first-order chi connectivity index (χ1) is 16.2. The zero-order chi connectivity index (χ0) is 26.1. The average molecular weight is 523 g/mol. The first kappa shape index (κ1) is 27.4. The molecular formula is C24H39N6O3PS. The van der Waals surface area contributed by atoms with E-state index in [-0.39, 0.29) is 17.8 Å². The van der Waals surface area contributed by atoms with Crippen LogP contribution in [0.1, 0.15) is 62.3 Å². The zero-order valence-electron chi connectivity index (χ0n) is 22.1. The van der Waals surface area contributed by atoms with Crippen LogP contribution in [0.15, 0.2) is 50.0 Å². The summed E-state index contributed by atoms with van der Waals surface area (Å²) < 4.78 is 26.5. The fourth-order valence-electron chi connectivity index (χ4n) is 3.21. The summed E-state index contributed by atoms with van der Waals surface area (Å²) in [6, 6.07) is 0. The van der Waals surface area contributed by atoms with Gasteiger partial charge in [-0.1, -0.05) is 41.5 Å². The number of allylic oxidation sites excluding steroid dienone is 3. The Morgan fingerprint density at radius 2 is 1.09 bits per heavy atom. The minimum absolute atomic E-state index is 0.176. The zero-order valence-corrected chi connectivity index (χ0v) is 23.8. The van der Waals surface area contributed by atoms with Crippen molar-refractivity contribution in [2.24, 2.45) is 32.7 Å². The predicted molar refractivity (Wildman–Crippen MR) is 146 cm³/mol. The van der Waals surface area contributed by atoms with Gasteiger partial charge in [0, 0.05) is 42.2 Å². The van der Waals surface area contributed by atoms with Gasteiger partial charge < -0.3 is 25.0 Å². The Morgan fingerprint density at radius 1 is 0.714 bits per heavy atom. The van der Waals surface area contributed by atoms with Crippen LogP contribution < -0.4 is 16.0 Å². The summed E-state index contributed by atoms with van der Waals surface area (Å²) in [5.74, 6) is 1.23. The van der Waals surface area contributed by atoms with Crippen molar-refractivity contribution in [1.82, 2.24) is 16.0 Å². The van der Waals surface area contributed by atoms with Crippen LogP contribution in [-0.2, 0) is 13.6 Å². The number of hydrogen-bond donors (Lipinski definition) is 3. The molecule has 0 fully saturated rings. The first-order valence-corrected chi connectivity index (χ1v) is 14.9. The van der Waals surface area contributed by atoms with Crippen LogP contribution in [0.4, 0.5) is 0 Å². The molecule has 0 aromatic rings. The van der Waals surface area contributed by atoms with Gasteiger partial charge in [-0.15, -0.1) is 0 Å². The standard InChI is InChI=1S/C24H39N6O3PS/c1-16(2)22(7)25-13-10-19(28-22)32-34(31,33-20-11-14-26-23(8,29-20)17(3)4)35-21-12-15-27-24(9,30-21)18(5)6/h10-18,28-30H,1-9H3. The third kappa shape index (κ3) is 6.33. The van der Waals surface area contributed by atoms with E-state index in [9.17, 15) is 4.57 Å². The maximum Gasteiger partial charge on any atom is 0.501 e. The molecule has 0 saturated heterocycles. The lowest BCUT2D eigenvalue weighted by atomic mass is 9.98. The third-order valence-corrected chi connectivity index (χ3v) is 10.0. The number of hydrogen-bond acceptors (Lipinski definition) is 10. The van der Waals surface area contributed by atoms with E-state index < -0.39 is 23.8 Å². The van der Waals surface area contributed by atoms with Crippen molar-refractivity contribution in [3.8, 4) is 0 Å². The van der Waals surface area contributed by atoms with Gasteiger partial charge >= 0.3 is 6.80 Å². The molecular weight excluding hydrogens is 483 g/mol. The smallest absolute Gasteiger partial charge is 0.392 e. The number of aliphatic imine (C=N–C) groups is 3. The van der Waals surface area contributed by atoms with Crippen LogP contribution in [0.2, 0.25) is 0 Å². The van der Waals surface area contributed by atoms with Crippen LogP contribution in [0.3, 0.4) is 0 Å². The predicted octanol–water partition coefficient (Wildman–Crippen LogP) is 5.52. The molecule has 0 amide bonds. The minimum atomic E-state index is -3.85. The number of nitrogens with zero attached hydrogens (tertiary/aromatic N) is 3. The van der Waals surface area contributed by atoms with E-state index in [1.54, 1.807) is 36.9 Å². The average Bonchev–Trinajstić information content (AvgIpc) is 2.73. The van der Waals surface area contributed by atoms with Crippen molar-refractivity contribution in [3.63, 3.8) is 0 Å². The molecule has 0 aromatic heterocycles. The van der Waals surface area contributed by atoms with Crippen LogP contribution in [-0.4, -0.2) is 35.6 Å². The summed E-state index contributed by atoms with van der Waals surface area (Å²) >= 11 is 1.01. The van der Waals surface area contributed by atoms with Gasteiger partial charge in [0.25, 0.3) is 0 Å². The highest BCUT2D eigenvalue weighted by atomic mass is 32.7. The summed E-state index contributed by atoms with van der Waals surface area (Å²) in [6.07, 6.45) is 10.2. The van der Waals surface area contributed by atoms with E-state index >= 15 is 0 Å². The van der Waals surface area contributed by atoms with Crippen LogP contribution in [0, 0.1) is 17.8 Å². The molecule has 0 spiro atoms. The monoisotopic (exact) mass is 522 g/mol. The molecule has 11 heteroatoms. The Hall–Kier alpha value is -2.19.